The fraction of sp³-hybridized carbons (Fsp3) is 0.645. The molecule has 2 aliphatic carbocycles. The number of ketones is 1. The number of carbonyl (C=O) groups excluding carboxylic acids is 6. The maximum atomic E-state index is 14.3. The molecule has 0 aromatic carbocycles. The molecule has 256 valence electrons. The lowest BCUT2D eigenvalue weighted by Gasteiger charge is -2.66. The number of carbonyl (C=O) groups is 6. The summed E-state index contributed by atoms with van der Waals surface area (Å²) in [5, 5.41) is 36.9. The van der Waals surface area contributed by atoms with Gasteiger partial charge in [0.1, 0.15) is 42.0 Å². The molecule has 16 heteroatoms. The van der Waals surface area contributed by atoms with E-state index in [9.17, 15) is 44.1 Å². The molecule has 2 saturated carbocycles. The number of rotatable bonds is 4. The lowest BCUT2D eigenvalue weighted by atomic mass is 9.45. The molecule has 4 bridgehead atoms. The molecule has 3 heterocycles. The number of pyridine rings is 1. The molecule has 0 amide bonds. The number of esters is 5. The van der Waals surface area contributed by atoms with E-state index in [4.69, 9.17) is 28.4 Å². The van der Waals surface area contributed by atoms with Crippen molar-refractivity contribution in [1.82, 2.24) is 4.98 Å². The molecule has 1 aromatic heterocycles. The van der Waals surface area contributed by atoms with E-state index < -0.39 is 120 Å². The van der Waals surface area contributed by atoms with Crippen LogP contribution in [0.15, 0.2) is 18.3 Å². The molecule has 16 nitrogen and oxygen atoms in total. The van der Waals surface area contributed by atoms with Gasteiger partial charge in [0.15, 0.2) is 24.1 Å². The van der Waals surface area contributed by atoms with Crippen LogP contribution in [-0.2, 0) is 52.4 Å². The summed E-state index contributed by atoms with van der Waals surface area (Å²) >= 11 is 0. The summed E-state index contributed by atoms with van der Waals surface area (Å²) in [5.74, 6) is -9.45. The quantitative estimate of drug-likeness (QED) is 0.263. The van der Waals surface area contributed by atoms with Crippen molar-refractivity contribution in [3.63, 3.8) is 0 Å². The van der Waals surface area contributed by atoms with E-state index in [1.54, 1.807) is 6.92 Å². The Morgan fingerprint density at radius 3 is 2.28 bits per heavy atom. The fourth-order valence-corrected chi connectivity index (χ4v) is 7.76. The van der Waals surface area contributed by atoms with Crippen LogP contribution in [0.1, 0.15) is 63.5 Å². The van der Waals surface area contributed by atoms with E-state index in [1.165, 1.54) is 25.3 Å². The average Bonchev–Trinajstić information content (AvgIpc) is 3.26. The third kappa shape index (κ3) is 4.91. The van der Waals surface area contributed by atoms with Crippen LogP contribution in [0.2, 0.25) is 0 Å². The molecule has 0 radical (unpaired) electrons. The molecular weight excluding hydrogens is 626 g/mol. The van der Waals surface area contributed by atoms with Crippen LogP contribution in [0.5, 0.6) is 0 Å². The number of Topliss-reactive ketones (excluding diaryl/α,β-unsaturated/α-hetero) is 1. The summed E-state index contributed by atoms with van der Waals surface area (Å²) in [6, 6.07) is 2.90. The lowest BCUT2D eigenvalue weighted by molar-refractivity contribution is -0.371. The SMILES string of the molecule is CC(=O)OC[C@@]12[C@H](OC(C)=O)C(=O)[C@H]3[C@@H]4COC(=O)c5cccnc5[C@@H](C)[C@@H](C)C(=O)O[C@@H]([C@H](OC(C)=O)[C@@H]1O)[C@](C)(O)[C@@]2(O4)[C@@H]3O. The van der Waals surface area contributed by atoms with Crippen LogP contribution >= 0.6 is 0 Å². The number of hydrogen-bond acceptors (Lipinski definition) is 16. The number of hydrogen-bond donors (Lipinski definition) is 3. The third-order valence-corrected chi connectivity index (χ3v) is 10.0. The first-order valence-corrected chi connectivity index (χ1v) is 15.0. The minimum absolute atomic E-state index is 0.00915. The summed E-state index contributed by atoms with van der Waals surface area (Å²) in [6.07, 6.45) is -10.6. The normalized spacial score (nSPS) is 41.1. The van der Waals surface area contributed by atoms with Crippen molar-refractivity contribution in [2.75, 3.05) is 13.2 Å². The van der Waals surface area contributed by atoms with Gasteiger partial charge in [-0.25, -0.2) is 4.79 Å². The number of aromatic nitrogens is 1. The van der Waals surface area contributed by atoms with Gasteiger partial charge in [-0.15, -0.1) is 0 Å². The smallest absolute Gasteiger partial charge is 0.340 e. The van der Waals surface area contributed by atoms with Crippen LogP contribution in [-0.4, -0.2) is 117 Å². The lowest BCUT2D eigenvalue weighted by Crippen LogP contribution is -2.88. The highest BCUT2D eigenvalue weighted by Crippen LogP contribution is 2.65. The van der Waals surface area contributed by atoms with Crippen LogP contribution in [0.25, 0.3) is 0 Å². The molecular formula is C31H37NO15. The molecule has 2 aliphatic heterocycles. The van der Waals surface area contributed by atoms with Gasteiger partial charge < -0.3 is 43.7 Å². The van der Waals surface area contributed by atoms with Crippen LogP contribution < -0.4 is 0 Å². The topological polar surface area (TPSA) is 231 Å². The minimum atomic E-state index is -2.71. The van der Waals surface area contributed by atoms with Crippen molar-refractivity contribution in [3.8, 4) is 0 Å². The van der Waals surface area contributed by atoms with Crippen LogP contribution in [0.4, 0.5) is 0 Å². The monoisotopic (exact) mass is 663 g/mol. The highest BCUT2D eigenvalue weighted by Gasteiger charge is 2.88. The summed E-state index contributed by atoms with van der Waals surface area (Å²) in [4.78, 5) is 82.9. The largest absolute Gasteiger partial charge is 0.465 e. The first-order valence-electron chi connectivity index (χ1n) is 15.0. The van der Waals surface area contributed by atoms with Gasteiger partial charge in [-0.2, -0.15) is 0 Å². The molecule has 1 spiro atoms. The number of fused-ring (bicyclic) bond motifs is 5. The predicted octanol–water partition coefficient (Wildman–Crippen LogP) is -0.861. The molecule has 4 aliphatic rings. The molecule has 12 atom stereocenters. The van der Waals surface area contributed by atoms with E-state index >= 15 is 0 Å². The van der Waals surface area contributed by atoms with E-state index in [0.29, 0.717) is 0 Å². The first kappa shape index (κ1) is 34.3. The van der Waals surface area contributed by atoms with Crippen molar-refractivity contribution < 1.29 is 72.5 Å². The van der Waals surface area contributed by atoms with Crippen LogP contribution in [0.3, 0.4) is 0 Å². The summed E-state index contributed by atoms with van der Waals surface area (Å²) in [7, 11) is 0. The number of nitrogens with zero attached hydrogens (tertiary/aromatic N) is 1. The fourth-order valence-electron chi connectivity index (χ4n) is 7.76. The minimum Gasteiger partial charge on any atom is -0.465 e. The van der Waals surface area contributed by atoms with E-state index in [1.807, 2.05) is 0 Å². The van der Waals surface area contributed by atoms with Gasteiger partial charge in [-0.05, 0) is 19.1 Å². The Labute approximate surface area is 268 Å². The second kappa shape index (κ2) is 11.9. The van der Waals surface area contributed by atoms with Gasteiger partial charge in [0.25, 0.3) is 0 Å². The van der Waals surface area contributed by atoms with Gasteiger partial charge >= 0.3 is 29.8 Å². The van der Waals surface area contributed by atoms with Gasteiger partial charge in [-0.3, -0.25) is 29.0 Å². The molecule has 0 unspecified atom stereocenters. The maximum Gasteiger partial charge on any atom is 0.340 e. The van der Waals surface area contributed by atoms with Gasteiger partial charge in [-0.1, -0.05) is 13.8 Å². The second-order valence-electron chi connectivity index (χ2n) is 12.7. The Hall–Kier alpha value is -3.99. The number of aliphatic hydroxyl groups is 3. The number of aliphatic hydroxyl groups excluding tert-OH is 2. The third-order valence-electron chi connectivity index (χ3n) is 10.0. The zero-order chi connectivity index (χ0) is 34.8. The van der Waals surface area contributed by atoms with E-state index in [2.05, 4.69) is 4.98 Å². The van der Waals surface area contributed by atoms with Crippen molar-refractivity contribution >= 4 is 35.6 Å². The van der Waals surface area contributed by atoms with Crippen molar-refractivity contribution in [1.29, 1.82) is 0 Å². The molecule has 47 heavy (non-hydrogen) atoms. The standard InChI is InChI=1S/C31H37NO15/c1-12-13(2)27(39)46-26-22(44-15(4)34)24(38)30(11-43-14(3)33)25(45-16(5)35)21(36)19-18(47-31(30,23(19)37)29(26,6)41)10-42-28(40)17-8-7-9-32-20(12)17/h7-9,12-13,18-19,22-26,37-38,41H,10-11H2,1-6H3/t12-,13+,18-,19+,22+,23+,24-,25+,26-,29-,30-,31-/m0/s1. The molecule has 1 saturated heterocycles. The van der Waals surface area contributed by atoms with Crippen LogP contribution in [0, 0.1) is 17.3 Å². The Morgan fingerprint density at radius 2 is 1.66 bits per heavy atom. The summed E-state index contributed by atoms with van der Waals surface area (Å²) < 4.78 is 34.0. The Balaban J connectivity index is 1.82. The maximum absolute atomic E-state index is 14.3. The molecule has 1 aromatic rings. The van der Waals surface area contributed by atoms with E-state index in [0.717, 1.165) is 27.7 Å². The highest BCUT2D eigenvalue weighted by molar-refractivity contribution is 5.93. The summed E-state index contributed by atoms with van der Waals surface area (Å²) in [6.45, 7) is 5.34. The zero-order valence-electron chi connectivity index (χ0n) is 26.5. The second-order valence-corrected chi connectivity index (χ2v) is 12.7. The molecule has 3 fully saturated rings. The van der Waals surface area contributed by atoms with Gasteiger partial charge in [0.05, 0.1) is 29.2 Å². The Bertz CT molecular complexity index is 1510. The Kier molecular flexibility index (Phi) is 8.71. The van der Waals surface area contributed by atoms with Gasteiger partial charge in [0.2, 0.25) is 0 Å². The number of cyclic esters (lactones) is 1. The highest BCUT2D eigenvalue weighted by atomic mass is 16.6. The first-order chi connectivity index (χ1) is 21.9. The Morgan fingerprint density at radius 1 is 1.00 bits per heavy atom. The van der Waals surface area contributed by atoms with E-state index in [-0.39, 0.29) is 11.3 Å². The predicted molar refractivity (Wildman–Crippen MR) is 151 cm³/mol. The zero-order valence-corrected chi connectivity index (χ0v) is 26.5. The van der Waals surface area contributed by atoms with Crippen molar-refractivity contribution in [2.24, 2.45) is 17.3 Å². The van der Waals surface area contributed by atoms with Crippen molar-refractivity contribution in [2.45, 2.75) is 95.3 Å². The summed E-state index contributed by atoms with van der Waals surface area (Å²) in [5.41, 5.74) is -7.80. The molecule has 3 N–H and O–H groups in total. The average molecular weight is 664 g/mol. The molecule has 5 rings (SSSR count). The number of ether oxygens (including phenoxy) is 6. The van der Waals surface area contributed by atoms with Gasteiger partial charge in [0, 0.05) is 32.9 Å². The van der Waals surface area contributed by atoms with Crippen molar-refractivity contribution in [3.05, 3.63) is 29.6 Å².